The van der Waals surface area contributed by atoms with Gasteiger partial charge >= 0.3 is 0 Å². The average Bonchev–Trinajstić information content (AvgIpc) is 3.30. The Morgan fingerprint density at radius 2 is 2.14 bits per heavy atom. The van der Waals surface area contributed by atoms with Crippen molar-refractivity contribution in [2.45, 2.75) is 32.9 Å². The Labute approximate surface area is 172 Å². The first-order valence-electron chi connectivity index (χ1n) is 8.85. The quantitative estimate of drug-likeness (QED) is 0.639. The van der Waals surface area contributed by atoms with Gasteiger partial charge in [-0.3, -0.25) is 14.3 Å². The first kappa shape index (κ1) is 20.3. The monoisotopic (exact) mass is 411 g/mol. The molecule has 1 N–H and O–H groups in total. The molecule has 0 spiro atoms. The fraction of sp³-hybridized carbons (Fsp3) is 0.250. The summed E-state index contributed by atoms with van der Waals surface area (Å²) in [4.78, 5) is 23.4. The lowest BCUT2D eigenvalue weighted by molar-refractivity contribution is -0.116. The standard InChI is InChI=1S/C20H18ClN5O3/c1-12(23-20(28)19-9-16(29-25-19)7-13(2)27)11-26-6-5-18(24-26)14-3-4-15(10-22)17(21)8-14/h3-6,8-9,12H,7,11H2,1-2H3,(H,23,28)/t12-/m0/s1. The second-order valence-electron chi connectivity index (χ2n) is 6.66. The van der Waals surface area contributed by atoms with Gasteiger partial charge in [0.05, 0.1) is 29.2 Å². The minimum atomic E-state index is -0.387. The van der Waals surface area contributed by atoms with Gasteiger partial charge in [-0.1, -0.05) is 22.8 Å². The van der Waals surface area contributed by atoms with Crippen molar-refractivity contribution in [2.75, 3.05) is 0 Å². The summed E-state index contributed by atoms with van der Waals surface area (Å²) in [6.07, 6.45) is 1.90. The molecule has 0 aliphatic carbocycles. The third-order valence-electron chi connectivity index (χ3n) is 4.08. The molecule has 0 fully saturated rings. The minimum Gasteiger partial charge on any atom is -0.360 e. The maximum absolute atomic E-state index is 12.3. The zero-order valence-corrected chi connectivity index (χ0v) is 16.6. The van der Waals surface area contributed by atoms with Crippen LogP contribution in [0.4, 0.5) is 0 Å². The molecule has 0 unspecified atom stereocenters. The normalized spacial score (nSPS) is 11.7. The highest BCUT2D eigenvalue weighted by Gasteiger charge is 2.16. The minimum absolute atomic E-state index is 0.0699. The predicted octanol–water partition coefficient (Wildman–Crippen LogP) is 3.01. The van der Waals surface area contributed by atoms with E-state index in [1.54, 1.807) is 29.1 Å². The number of aromatic nitrogens is 3. The fourth-order valence-electron chi connectivity index (χ4n) is 2.76. The first-order chi connectivity index (χ1) is 13.9. The van der Waals surface area contributed by atoms with Crippen LogP contribution in [-0.2, 0) is 17.8 Å². The zero-order valence-electron chi connectivity index (χ0n) is 15.8. The molecule has 2 aromatic heterocycles. The van der Waals surface area contributed by atoms with Crippen LogP contribution < -0.4 is 5.32 Å². The van der Waals surface area contributed by atoms with Crippen LogP contribution in [0.2, 0.25) is 5.02 Å². The van der Waals surface area contributed by atoms with Crippen molar-refractivity contribution in [3.8, 4) is 17.3 Å². The molecule has 1 atom stereocenters. The Morgan fingerprint density at radius 1 is 1.34 bits per heavy atom. The fourth-order valence-corrected chi connectivity index (χ4v) is 2.98. The van der Waals surface area contributed by atoms with Crippen molar-refractivity contribution >= 4 is 23.3 Å². The highest BCUT2D eigenvalue weighted by Crippen LogP contribution is 2.24. The van der Waals surface area contributed by atoms with Crippen molar-refractivity contribution in [1.29, 1.82) is 5.26 Å². The molecule has 0 saturated heterocycles. The molecule has 3 aromatic rings. The molecular formula is C20H18ClN5O3. The number of hydrogen-bond acceptors (Lipinski definition) is 6. The van der Waals surface area contributed by atoms with Crippen LogP contribution in [0.1, 0.15) is 35.7 Å². The maximum atomic E-state index is 12.3. The van der Waals surface area contributed by atoms with Crippen LogP contribution in [-0.4, -0.2) is 32.7 Å². The summed E-state index contributed by atoms with van der Waals surface area (Å²) in [5.41, 5.74) is 2.04. The van der Waals surface area contributed by atoms with Crippen molar-refractivity contribution < 1.29 is 14.1 Å². The van der Waals surface area contributed by atoms with Gasteiger partial charge in [-0.05, 0) is 32.0 Å². The van der Waals surface area contributed by atoms with Crippen molar-refractivity contribution in [2.24, 2.45) is 0 Å². The number of amides is 1. The largest absolute Gasteiger partial charge is 0.360 e. The summed E-state index contributed by atoms with van der Waals surface area (Å²) in [5.74, 6) is -0.102. The highest BCUT2D eigenvalue weighted by atomic mass is 35.5. The van der Waals surface area contributed by atoms with E-state index in [2.05, 4.69) is 15.6 Å². The average molecular weight is 412 g/mol. The number of ketones is 1. The van der Waals surface area contributed by atoms with Gasteiger partial charge in [-0.25, -0.2) is 0 Å². The molecule has 1 amide bonds. The van der Waals surface area contributed by atoms with Crippen LogP contribution in [0.25, 0.3) is 11.3 Å². The van der Waals surface area contributed by atoms with E-state index in [0.717, 1.165) is 5.56 Å². The molecule has 0 aliphatic heterocycles. The predicted molar refractivity (Wildman–Crippen MR) is 105 cm³/mol. The van der Waals surface area contributed by atoms with Crippen LogP contribution in [0, 0.1) is 11.3 Å². The summed E-state index contributed by atoms with van der Waals surface area (Å²) in [6, 6.07) is 10.2. The second kappa shape index (κ2) is 8.71. The number of halogens is 1. The van der Waals surface area contributed by atoms with E-state index in [9.17, 15) is 9.59 Å². The number of carbonyl (C=O) groups is 2. The number of hydrogen-bond donors (Lipinski definition) is 1. The molecule has 9 heteroatoms. The van der Waals surface area contributed by atoms with Crippen molar-refractivity contribution in [3.63, 3.8) is 0 Å². The molecule has 0 aliphatic rings. The van der Waals surface area contributed by atoms with E-state index in [1.165, 1.54) is 13.0 Å². The lowest BCUT2D eigenvalue weighted by Crippen LogP contribution is -2.36. The molecule has 0 saturated carbocycles. The number of benzene rings is 1. The van der Waals surface area contributed by atoms with E-state index in [4.69, 9.17) is 21.4 Å². The van der Waals surface area contributed by atoms with Crippen LogP contribution in [0.3, 0.4) is 0 Å². The summed E-state index contributed by atoms with van der Waals surface area (Å²) in [5, 5.41) is 20.3. The van der Waals surface area contributed by atoms with Gasteiger partial charge < -0.3 is 9.84 Å². The van der Waals surface area contributed by atoms with Gasteiger partial charge in [0.2, 0.25) is 0 Å². The summed E-state index contributed by atoms with van der Waals surface area (Å²) < 4.78 is 6.70. The number of carbonyl (C=O) groups excluding carboxylic acids is 2. The SMILES string of the molecule is CC(=O)Cc1cc(C(=O)N[C@@H](C)Cn2ccc(-c3ccc(C#N)c(Cl)c3)n2)no1. The molecular weight excluding hydrogens is 394 g/mol. The summed E-state index contributed by atoms with van der Waals surface area (Å²) in [7, 11) is 0. The number of nitrogens with one attached hydrogen (secondary N) is 1. The lowest BCUT2D eigenvalue weighted by Gasteiger charge is -2.12. The highest BCUT2D eigenvalue weighted by molar-refractivity contribution is 6.32. The smallest absolute Gasteiger partial charge is 0.273 e. The topological polar surface area (TPSA) is 114 Å². The molecule has 148 valence electrons. The number of Topliss-reactive ketones (excluding diaryl/α,β-unsaturated/α-hetero) is 1. The molecule has 0 radical (unpaired) electrons. The zero-order chi connectivity index (χ0) is 21.0. The van der Waals surface area contributed by atoms with E-state index >= 15 is 0 Å². The maximum Gasteiger partial charge on any atom is 0.273 e. The summed E-state index contributed by atoms with van der Waals surface area (Å²) >= 11 is 6.08. The molecule has 29 heavy (non-hydrogen) atoms. The van der Waals surface area contributed by atoms with E-state index < -0.39 is 0 Å². The van der Waals surface area contributed by atoms with Crippen LogP contribution in [0.15, 0.2) is 41.1 Å². The lowest BCUT2D eigenvalue weighted by atomic mass is 10.1. The third kappa shape index (κ3) is 5.09. The van der Waals surface area contributed by atoms with Gasteiger partial charge in [0.25, 0.3) is 5.91 Å². The van der Waals surface area contributed by atoms with Gasteiger partial charge in [-0.15, -0.1) is 0 Å². The Bertz CT molecular complexity index is 1100. The van der Waals surface area contributed by atoms with Crippen molar-refractivity contribution in [3.05, 3.63) is 58.6 Å². The second-order valence-corrected chi connectivity index (χ2v) is 7.07. The van der Waals surface area contributed by atoms with E-state index in [0.29, 0.717) is 28.6 Å². The Balaban J connectivity index is 1.61. The molecule has 3 rings (SSSR count). The van der Waals surface area contributed by atoms with Gasteiger partial charge in [0, 0.05) is 23.9 Å². The Hall–Kier alpha value is -3.44. The molecule has 2 heterocycles. The van der Waals surface area contributed by atoms with E-state index in [-0.39, 0.29) is 29.8 Å². The van der Waals surface area contributed by atoms with Gasteiger partial charge in [-0.2, -0.15) is 10.4 Å². The first-order valence-corrected chi connectivity index (χ1v) is 9.23. The molecule has 8 nitrogen and oxygen atoms in total. The van der Waals surface area contributed by atoms with Crippen LogP contribution >= 0.6 is 11.6 Å². The van der Waals surface area contributed by atoms with Crippen molar-refractivity contribution in [1.82, 2.24) is 20.3 Å². The molecule has 0 bridgehead atoms. The van der Waals surface area contributed by atoms with Gasteiger partial charge in [0.15, 0.2) is 5.69 Å². The number of nitrogens with zero attached hydrogens (tertiary/aromatic N) is 4. The van der Waals surface area contributed by atoms with Gasteiger partial charge in [0.1, 0.15) is 17.6 Å². The Morgan fingerprint density at radius 3 is 2.83 bits per heavy atom. The third-order valence-corrected chi connectivity index (χ3v) is 4.39. The Kier molecular flexibility index (Phi) is 6.10. The summed E-state index contributed by atoms with van der Waals surface area (Å²) in [6.45, 7) is 3.72. The number of nitriles is 1. The van der Waals surface area contributed by atoms with E-state index in [1.807, 2.05) is 19.1 Å². The number of rotatable bonds is 7. The van der Waals surface area contributed by atoms with Crippen LogP contribution in [0.5, 0.6) is 0 Å². The molecule has 1 aromatic carbocycles.